The molecule has 4 heteroatoms. The Hall–Kier alpha value is -2.59. The van der Waals surface area contributed by atoms with Crippen LogP contribution in [0.4, 0.5) is 0 Å². The number of benzene rings is 2. The summed E-state index contributed by atoms with van der Waals surface area (Å²) in [5, 5.41) is 0. The second kappa shape index (κ2) is 16.2. The van der Waals surface area contributed by atoms with Crippen molar-refractivity contribution in [2.45, 2.75) is 90.9 Å². The summed E-state index contributed by atoms with van der Waals surface area (Å²) < 4.78 is 11.3. The Balaban J connectivity index is 1.42. The highest BCUT2D eigenvalue weighted by Crippen LogP contribution is 2.30. The lowest BCUT2D eigenvalue weighted by Crippen LogP contribution is -2.08. The zero-order valence-corrected chi connectivity index (χ0v) is 22.9. The van der Waals surface area contributed by atoms with Gasteiger partial charge < -0.3 is 9.47 Å². The average Bonchev–Trinajstić information content (AvgIpc) is 3.38. The molecule has 3 nitrogen and oxygen atoms in total. The number of esters is 1. The van der Waals surface area contributed by atoms with Gasteiger partial charge in [0, 0.05) is 9.75 Å². The van der Waals surface area contributed by atoms with E-state index in [9.17, 15) is 4.79 Å². The largest absolute Gasteiger partial charge is 0.494 e. The van der Waals surface area contributed by atoms with Gasteiger partial charge in [-0.2, -0.15) is 0 Å². The molecule has 36 heavy (non-hydrogen) atoms. The summed E-state index contributed by atoms with van der Waals surface area (Å²) in [5.41, 5.74) is 1.69. The van der Waals surface area contributed by atoms with E-state index in [1.54, 1.807) is 12.1 Å². The first-order valence-corrected chi connectivity index (χ1v) is 14.7. The number of carbonyl (C=O) groups excluding carboxylic acids is 1. The molecule has 1 heterocycles. The van der Waals surface area contributed by atoms with Gasteiger partial charge in [0.05, 0.1) is 12.2 Å². The molecule has 3 aromatic rings. The van der Waals surface area contributed by atoms with Crippen molar-refractivity contribution in [3.8, 4) is 21.9 Å². The molecular weight excluding hydrogens is 464 g/mol. The Morgan fingerprint density at radius 3 is 1.97 bits per heavy atom. The fraction of sp³-hybridized carbons (Fsp3) is 0.469. The molecule has 0 aliphatic heterocycles. The standard InChI is InChI=1S/C32H42O3S/c1-3-5-7-8-9-10-11-12-14-30-23-24-31(36-30)26-15-17-27(18-16-26)32(33)35-29-21-19-28(20-22-29)34-25-13-6-4-2/h15-24H,3-14,25H2,1-2H3. The Morgan fingerprint density at radius 2 is 1.28 bits per heavy atom. The summed E-state index contributed by atoms with van der Waals surface area (Å²) >= 11 is 1.86. The number of carbonyl (C=O) groups is 1. The number of unbranched alkanes of at least 4 members (excludes halogenated alkanes) is 9. The Kier molecular flexibility index (Phi) is 12.6. The zero-order chi connectivity index (χ0) is 25.4. The predicted octanol–water partition coefficient (Wildman–Crippen LogP) is 9.89. The molecule has 0 amide bonds. The fourth-order valence-corrected chi connectivity index (χ4v) is 5.24. The van der Waals surface area contributed by atoms with Crippen molar-refractivity contribution in [1.82, 2.24) is 0 Å². The number of aryl methyl sites for hydroxylation is 1. The first-order valence-electron chi connectivity index (χ1n) is 13.8. The van der Waals surface area contributed by atoms with Crippen LogP contribution in [-0.4, -0.2) is 12.6 Å². The second-order valence-corrected chi connectivity index (χ2v) is 10.7. The molecular formula is C32H42O3S. The van der Waals surface area contributed by atoms with Crippen LogP contribution in [0, 0.1) is 0 Å². The van der Waals surface area contributed by atoms with Crippen LogP contribution in [0.3, 0.4) is 0 Å². The lowest BCUT2D eigenvalue weighted by Gasteiger charge is -2.08. The second-order valence-electron chi connectivity index (χ2n) is 9.48. The molecule has 194 valence electrons. The number of hydrogen-bond donors (Lipinski definition) is 0. The van der Waals surface area contributed by atoms with Crippen LogP contribution in [0.5, 0.6) is 11.5 Å². The molecule has 0 saturated carbocycles. The van der Waals surface area contributed by atoms with Gasteiger partial charge in [-0.25, -0.2) is 4.79 Å². The molecule has 0 radical (unpaired) electrons. The first-order chi connectivity index (χ1) is 17.7. The molecule has 0 atom stereocenters. The number of rotatable bonds is 17. The maximum absolute atomic E-state index is 12.6. The molecule has 0 bridgehead atoms. The summed E-state index contributed by atoms with van der Waals surface area (Å²) in [5.74, 6) is 0.974. The maximum atomic E-state index is 12.6. The average molecular weight is 507 g/mol. The van der Waals surface area contributed by atoms with Crippen LogP contribution in [0.1, 0.15) is 99.7 Å². The summed E-state index contributed by atoms with van der Waals surface area (Å²) in [6.07, 6.45) is 15.4. The number of ether oxygens (including phenoxy) is 2. The van der Waals surface area contributed by atoms with Crippen LogP contribution in [0.25, 0.3) is 10.4 Å². The summed E-state index contributed by atoms with van der Waals surface area (Å²) in [6, 6.07) is 19.4. The van der Waals surface area contributed by atoms with Crippen molar-refractivity contribution < 1.29 is 14.3 Å². The van der Waals surface area contributed by atoms with E-state index in [0.29, 0.717) is 17.9 Å². The van der Waals surface area contributed by atoms with Crippen molar-refractivity contribution in [2.75, 3.05) is 6.61 Å². The van der Waals surface area contributed by atoms with E-state index >= 15 is 0 Å². The predicted molar refractivity (Wildman–Crippen MR) is 152 cm³/mol. The monoisotopic (exact) mass is 506 g/mol. The molecule has 0 saturated heterocycles. The number of hydrogen-bond acceptors (Lipinski definition) is 4. The highest BCUT2D eigenvalue weighted by Gasteiger charge is 2.10. The van der Waals surface area contributed by atoms with E-state index in [1.807, 2.05) is 47.7 Å². The summed E-state index contributed by atoms with van der Waals surface area (Å²) in [4.78, 5) is 15.3. The van der Waals surface area contributed by atoms with Crippen molar-refractivity contribution >= 4 is 17.3 Å². The normalized spacial score (nSPS) is 10.9. The lowest BCUT2D eigenvalue weighted by atomic mass is 10.1. The van der Waals surface area contributed by atoms with Crippen molar-refractivity contribution in [1.29, 1.82) is 0 Å². The van der Waals surface area contributed by atoms with Crippen LogP contribution in [-0.2, 0) is 6.42 Å². The molecule has 2 aromatic carbocycles. The van der Waals surface area contributed by atoms with Gasteiger partial charge >= 0.3 is 5.97 Å². The first kappa shape index (κ1) is 28.0. The highest BCUT2D eigenvalue weighted by atomic mass is 32.1. The Morgan fingerprint density at radius 1 is 0.667 bits per heavy atom. The van der Waals surface area contributed by atoms with E-state index in [2.05, 4.69) is 26.0 Å². The molecule has 3 rings (SSSR count). The molecule has 0 spiro atoms. The van der Waals surface area contributed by atoms with Crippen molar-refractivity contribution in [2.24, 2.45) is 0 Å². The highest BCUT2D eigenvalue weighted by molar-refractivity contribution is 7.15. The minimum atomic E-state index is -0.347. The summed E-state index contributed by atoms with van der Waals surface area (Å²) in [6.45, 7) is 5.16. The quantitative estimate of drug-likeness (QED) is 0.104. The fourth-order valence-electron chi connectivity index (χ4n) is 4.18. The minimum Gasteiger partial charge on any atom is -0.494 e. The van der Waals surface area contributed by atoms with Gasteiger partial charge in [-0.1, -0.05) is 83.8 Å². The van der Waals surface area contributed by atoms with Crippen molar-refractivity contribution in [3.05, 3.63) is 71.1 Å². The van der Waals surface area contributed by atoms with Crippen LogP contribution >= 0.6 is 11.3 Å². The Bertz CT molecular complexity index is 1000. The van der Waals surface area contributed by atoms with Gasteiger partial charge in [-0.3, -0.25) is 0 Å². The molecule has 0 aliphatic carbocycles. The Labute approximate surface area is 221 Å². The molecule has 1 aromatic heterocycles. The summed E-state index contributed by atoms with van der Waals surface area (Å²) in [7, 11) is 0. The van der Waals surface area contributed by atoms with Gasteiger partial charge in [0.1, 0.15) is 11.5 Å². The third-order valence-electron chi connectivity index (χ3n) is 6.39. The van der Waals surface area contributed by atoms with Gasteiger partial charge in [0.25, 0.3) is 0 Å². The number of thiophene rings is 1. The van der Waals surface area contributed by atoms with Crippen LogP contribution in [0.15, 0.2) is 60.7 Å². The van der Waals surface area contributed by atoms with Crippen LogP contribution < -0.4 is 9.47 Å². The third kappa shape index (κ3) is 9.81. The van der Waals surface area contributed by atoms with E-state index < -0.39 is 0 Å². The van der Waals surface area contributed by atoms with E-state index in [1.165, 1.54) is 74.0 Å². The van der Waals surface area contributed by atoms with Gasteiger partial charge in [0.15, 0.2) is 0 Å². The molecule has 0 unspecified atom stereocenters. The van der Waals surface area contributed by atoms with E-state index in [4.69, 9.17) is 9.47 Å². The van der Waals surface area contributed by atoms with Crippen molar-refractivity contribution in [3.63, 3.8) is 0 Å². The van der Waals surface area contributed by atoms with Crippen LogP contribution in [0.2, 0.25) is 0 Å². The topological polar surface area (TPSA) is 35.5 Å². The lowest BCUT2D eigenvalue weighted by molar-refractivity contribution is 0.0734. The van der Waals surface area contributed by atoms with E-state index in [0.717, 1.165) is 24.2 Å². The molecule has 0 aliphatic rings. The SMILES string of the molecule is CCCCCCCCCCc1ccc(-c2ccc(C(=O)Oc3ccc(OCCCCC)cc3)cc2)s1. The zero-order valence-electron chi connectivity index (χ0n) is 22.1. The maximum Gasteiger partial charge on any atom is 0.343 e. The minimum absolute atomic E-state index is 0.347. The molecule has 0 N–H and O–H groups in total. The van der Waals surface area contributed by atoms with E-state index in [-0.39, 0.29) is 5.97 Å². The van der Waals surface area contributed by atoms with Gasteiger partial charge in [0.2, 0.25) is 0 Å². The smallest absolute Gasteiger partial charge is 0.343 e. The van der Waals surface area contributed by atoms with Gasteiger partial charge in [-0.05, 0) is 73.4 Å². The van der Waals surface area contributed by atoms with Gasteiger partial charge in [-0.15, -0.1) is 11.3 Å². The third-order valence-corrected chi connectivity index (χ3v) is 7.59. The molecule has 0 fully saturated rings.